The number of carbonyl (C=O) groups excluding carboxylic acids is 1. The highest BCUT2D eigenvalue weighted by molar-refractivity contribution is 5.97. The Morgan fingerprint density at radius 1 is 1.32 bits per heavy atom. The molecule has 1 amide bonds. The quantitative estimate of drug-likeness (QED) is 0.851. The molecule has 1 N–H and O–H groups in total. The Balaban J connectivity index is 1.65. The van der Waals surface area contributed by atoms with E-state index in [0.29, 0.717) is 17.9 Å². The molecule has 0 atom stereocenters. The van der Waals surface area contributed by atoms with E-state index in [2.05, 4.69) is 21.4 Å². The van der Waals surface area contributed by atoms with Gasteiger partial charge in [0.05, 0.1) is 0 Å². The second kappa shape index (κ2) is 5.22. The number of carbonyl (C=O) groups is 1. The molecule has 98 valence electrons. The number of amides is 1. The first-order chi connectivity index (χ1) is 9.34. The number of aromatic nitrogens is 3. The molecule has 1 aliphatic carbocycles. The van der Waals surface area contributed by atoms with Crippen LogP contribution in [-0.4, -0.2) is 26.8 Å². The Bertz CT molecular complexity index is 629. The highest BCUT2D eigenvalue weighted by Crippen LogP contribution is 2.19. The van der Waals surface area contributed by atoms with Gasteiger partial charge < -0.3 is 9.72 Å². The lowest BCUT2D eigenvalue weighted by atomic mass is 10.2. The van der Waals surface area contributed by atoms with Crippen LogP contribution in [0.2, 0.25) is 0 Å². The van der Waals surface area contributed by atoms with Gasteiger partial charge >= 0.3 is 0 Å². The van der Waals surface area contributed by atoms with Crippen LogP contribution in [0, 0.1) is 0 Å². The molecule has 5 nitrogen and oxygen atoms in total. The third-order valence-electron chi connectivity index (χ3n) is 3.39. The highest BCUT2D eigenvalue weighted by Gasteiger charge is 2.13. The van der Waals surface area contributed by atoms with Crippen molar-refractivity contribution in [2.24, 2.45) is 0 Å². The Labute approximate surface area is 111 Å². The van der Waals surface area contributed by atoms with Crippen molar-refractivity contribution in [1.29, 1.82) is 0 Å². The third kappa shape index (κ3) is 2.50. The highest BCUT2D eigenvalue weighted by atomic mass is 16.1. The summed E-state index contributed by atoms with van der Waals surface area (Å²) in [4.78, 5) is 20.4. The van der Waals surface area contributed by atoms with Crippen molar-refractivity contribution in [1.82, 2.24) is 19.7 Å². The molecule has 3 rings (SSSR count). The molecule has 0 fully saturated rings. The molecule has 0 spiro atoms. The number of hydrogen-bond donors (Lipinski definition) is 1. The summed E-state index contributed by atoms with van der Waals surface area (Å²) in [6.45, 7) is 0.661. The molecule has 0 aromatic carbocycles. The molecular weight excluding hydrogens is 240 g/mol. The van der Waals surface area contributed by atoms with Gasteiger partial charge in [-0.1, -0.05) is 11.6 Å². The van der Waals surface area contributed by atoms with Crippen molar-refractivity contribution in [2.75, 3.05) is 6.54 Å². The first-order valence-corrected chi connectivity index (χ1v) is 6.58. The van der Waals surface area contributed by atoms with Gasteiger partial charge in [-0.25, -0.2) is 9.97 Å². The summed E-state index contributed by atoms with van der Waals surface area (Å²) in [5.41, 5.74) is 2.43. The summed E-state index contributed by atoms with van der Waals surface area (Å²) in [5, 5.41) is 2.91. The lowest BCUT2D eigenvalue weighted by Crippen LogP contribution is -2.26. The van der Waals surface area contributed by atoms with Crippen LogP contribution in [0.1, 0.15) is 36.2 Å². The summed E-state index contributed by atoms with van der Waals surface area (Å²) >= 11 is 0. The lowest BCUT2D eigenvalue weighted by molar-refractivity contribution is 0.0950. The Hall–Kier alpha value is -2.17. The fourth-order valence-electron chi connectivity index (χ4n) is 2.40. The first kappa shape index (κ1) is 11.9. The molecule has 5 heteroatoms. The van der Waals surface area contributed by atoms with E-state index in [1.807, 2.05) is 0 Å². The van der Waals surface area contributed by atoms with E-state index >= 15 is 0 Å². The second-order valence-corrected chi connectivity index (χ2v) is 4.69. The summed E-state index contributed by atoms with van der Waals surface area (Å²) in [7, 11) is 0. The van der Waals surface area contributed by atoms with Crippen LogP contribution in [0.4, 0.5) is 0 Å². The standard InChI is InChI=1S/C14H16N4O/c19-14(17-6-5-11-3-1-2-4-11)12-13-16-8-10-18(13)9-7-15-12/h3,7-10H,1-2,4-6H2,(H,17,19). The van der Waals surface area contributed by atoms with Gasteiger partial charge in [-0.05, 0) is 25.7 Å². The van der Waals surface area contributed by atoms with Gasteiger partial charge in [0.2, 0.25) is 0 Å². The van der Waals surface area contributed by atoms with Crippen LogP contribution < -0.4 is 5.32 Å². The Kier molecular flexibility index (Phi) is 3.27. The summed E-state index contributed by atoms with van der Waals surface area (Å²) in [5.74, 6) is -0.157. The number of nitrogens with zero attached hydrogens (tertiary/aromatic N) is 3. The van der Waals surface area contributed by atoms with Gasteiger partial charge in [0.1, 0.15) is 0 Å². The minimum atomic E-state index is -0.157. The van der Waals surface area contributed by atoms with Gasteiger partial charge in [0, 0.05) is 31.3 Å². The molecule has 0 saturated heterocycles. The molecule has 2 aromatic rings. The normalized spacial score (nSPS) is 14.6. The van der Waals surface area contributed by atoms with Gasteiger partial charge in [0.15, 0.2) is 11.3 Å². The predicted octanol–water partition coefficient (Wildman–Crippen LogP) is 1.96. The van der Waals surface area contributed by atoms with E-state index in [9.17, 15) is 4.79 Å². The van der Waals surface area contributed by atoms with Crippen LogP contribution in [0.15, 0.2) is 36.4 Å². The van der Waals surface area contributed by atoms with E-state index in [1.54, 1.807) is 29.2 Å². The van der Waals surface area contributed by atoms with E-state index in [1.165, 1.54) is 24.8 Å². The van der Waals surface area contributed by atoms with E-state index < -0.39 is 0 Å². The fourth-order valence-corrected chi connectivity index (χ4v) is 2.40. The molecule has 19 heavy (non-hydrogen) atoms. The topological polar surface area (TPSA) is 59.3 Å². The molecule has 1 aliphatic rings. The number of hydrogen-bond acceptors (Lipinski definition) is 3. The van der Waals surface area contributed by atoms with Crippen molar-refractivity contribution in [3.05, 3.63) is 42.1 Å². The molecule has 2 aromatic heterocycles. The number of rotatable bonds is 4. The number of nitrogens with one attached hydrogen (secondary N) is 1. The van der Waals surface area contributed by atoms with Crippen molar-refractivity contribution in [2.45, 2.75) is 25.7 Å². The zero-order chi connectivity index (χ0) is 13.1. The van der Waals surface area contributed by atoms with Crippen molar-refractivity contribution >= 4 is 11.6 Å². The Morgan fingerprint density at radius 3 is 2.95 bits per heavy atom. The molecule has 0 bridgehead atoms. The summed E-state index contributed by atoms with van der Waals surface area (Å²) < 4.78 is 1.79. The van der Waals surface area contributed by atoms with Gasteiger partial charge in [-0.2, -0.15) is 0 Å². The van der Waals surface area contributed by atoms with Gasteiger partial charge in [-0.3, -0.25) is 4.79 Å². The number of allylic oxidation sites excluding steroid dienone is 1. The van der Waals surface area contributed by atoms with Crippen molar-refractivity contribution < 1.29 is 4.79 Å². The monoisotopic (exact) mass is 256 g/mol. The summed E-state index contributed by atoms with van der Waals surface area (Å²) in [6, 6.07) is 0. The molecule has 0 aliphatic heterocycles. The molecule has 2 heterocycles. The molecular formula is C14H16N4O. The lowest BCUT2D eigenvalue weighted by Gasteiger charge is -2.06. The maximum atomic E-state index is 12.1. The average Bonchev–Trinajstić information content (AvgIpc) is 3.08. The van der Waals surface area contributed by atoms with Crippen LogP contribution >= 0.6 is 0 Å². The maximum absolute atomic E-state index is 12.1. The summed E-state index contributed by atoms with van der Waals surface area (Å²) in [6.07, 6.45) is 13.7. The van der Waals surface area contributed by atoms with Crippen LogP contribution in [0.25, 0.3) is 5.65 Å². The first-order valence-electron chi connectivity index (χ1n) is 6.58. The van der Waals surface area contributed by atoms with E-state index in [4.69, 9.17) is 0 Å². The van der Waals surface area contributed by atoms with Crippen LogP contribution in [-0.2, 0) is 0 Å². The minimum Gasteiger partial charge on any atom is -0.350 e. The van der Waals surface area contributed by atoms with Crippen molar-refractivity contribution in [3.8, 4) is 0 Å². The smallest absolute Gasteiger partial charge is 0.273 e. The van der Waals surface area contributed by atoms with E-state index in [0.717, 1.165) is 6.42 Å². The third-order valence-corrected chi connectivity index (χ3v) is 3.39. The van der Waals surface area contributed by atoms with Crippen LogP contribution in [0.5, 0.6) is 0 Å². The fraction of sp³-hybridized carbons (Fsp3) is 0.357. The number of fused-ring (bicyclic) bond motifs is 1. The zero-order valence-electron chi connectivity index (χ0n) is 10.7. The number of imidazole rings is 1. The van der Waals surface area contributed by atoms with Gasteiger partial charge in [-0.15, -0.1) is 0 Å². The molecule has 0 unspecified atom stereocenters. The van der Waals surface area contributed by atoms with Crippen molar-refractivity contribution in [3.63, 3.8) is 0 Å². The minimum absolute atomic E-state index is 0.157. The molecule has 0 radical (unpaired) electrons. The Morgan fingerprint density at radius 2 is 2.16 bits per heavy atom. The second-order valence-electron chi connectivity index (χ2n) is 4.69. The zero-order valence-corrected chi connectivity index (χ0v) is 10.7. The predicted molar refractivity (Wildman–Crippen MR) is 71.9 cm³/mol. The largest absolute Gasteiger partial charge is 0.350 e. The maximum Gasteiger partial charge on any atom is 0.273 e. The van der Waals surface area contributed by atoms with Gasteiger partial charge in [0.25, 0.3) is 5.91 Å². The van der Waals surface area contributed by atoms with E-state index in [-0.39, 0.29) is 5.91 Å². The molecule has 0 saturated carbocycles. The average molecular weight is 256 g/mol. The van der Waals surface area contributed by atoms with Crippen LogP contribution in [0.3, 0.4) is 0 Å². The SMILES string of the molecule is O=C(NCCC1=CCCC1)c1nccn2ccnc12.